The minimum Gasteiger partial charge on any atom is -0.508 e. The maximum absolute atomic E-state index is 11.1. The number of hydrogen-bond donors (Lipinski definition) is 2. The second-order valence-electron chi connectivity index (χ2n) is 5.97. The summed E-state index contributed by atoms with van der Waals surface area (Å²) in [4.78, 5) is 10.6. The van der Waals surface area contributed by atoms with Crippen LogP contribution in [0.5, 0.6) is 5.75 Å². The van der Waals surface area contributed by atoms with Gasteiger partial charge in [0, 0.05) is 29.5 Å². The van der Waals surface area contributed by atoms with Crippen molar-refractivity contribution in [1.29, 1.82) is 0 Å². The number of benzene rings is 2. The fraction of sp³-hybridized carbons (Fsp3) is 0.263. The Kier molecular flexibility index (Phi) is 4.72. The molecule has 2 aromatic carbocycles. The molecule has 1 unspecified atom stereocenters. The summed E-state index contributed by atoms with van der Waals surface area (Å²) in [7, 11) is 0. The number of aromatic hydroxyl groups is 1. The first-order chi connectivity index (χ1) is 12.0. The molecule has 0 bridgehead atoms. The van der Waals surface area contributed by atoms with Gasteiger partial charge in [-0.05, 0) is 30.2 Å². The van der Waals surface area contributed by atoms with E-state index in [1.807, 2.05) is 0 Å². The SMILES string of the molecule is CCCCc1oc2ccc([N+](=O)[O-])cc2c1C(O)c1ccc(O)cc1. The number of rotatable bonds is 6. The summed E-state index contributed by atoms with van der Waals surface area (Å²) >= 11 is 0. The molecule has 0 aliphatic heterocycles. The molecular weight excluding hydrogens is 322 g/mol. The lowest BCUT2D eigenvalue weighted by molar-refractivity contribution is -0.384. The van der Waals surface area contributed by atoms with E-state index in [4.69, 9.17) is 4.42 Å². The number of nitro benzene ring substituents is 1. The molecule has 0 fully saturated rings. The van der Waals surface area contributed by atoms with Crippen molar-refractivity contribution in [3.05, 3.63) is 69.5 Å². The Morgan fingerprint density at radius 1 is 1.20 bits per heavy atom. The third-order valence-corrected chi connectivity index (χ3v) is 4.24. The van der Waals surface area contributed by atoms with Crippen molar-refractivity contribution in [3.8, 4) is 5.75 Å². The highest BCUT2D eigenvalue weighted by molar-refractivity contribution is 5.85. The van der Waals surface area contributed by atoms with E-state index in [0.717, 1.165) is 12.8 Å². The Morgan fingerprint density at radius 2 is 1.92 bits per heavy atom. The number of fused-ring (bicyclic) bond motifs is 1. The molecule has 0 spiro atoms. The highest BCUT2D eigenvalue weighted by Crippen LogP contribution is 2.37. The molecule has 1 aromatic heterocycles. The normalized spacial score (nSPS) is 12.4. The summed E-state index contributed by atoms with van der Waals surface area (Å²) in [6.07, 6.45) is 1.50. The summed E-state index contributed by atoms with van der Waals surface area (Å²) in [5, 5.41) is 31.9. The average Bonchev–Trinajstić information content (AvgIpc) is 2.97. The zero-order valence-corrected chi connectivity index (χ0v) is 13.8. The number of aliphatic hydroxyl groups is 1. The van der Waals surface area contributed by atoms with Crippen LogP contribution in [0.4, 0.5) is 5.69 Å². The molecule has 6 nitrogen and oxygen atoms in total. The second-order valence-corrected chi connectivity index (χ2v) is 5.97. The fourth-order valence-corrected chi connectivity index (χ4v) is 2.92. The van der Waals surface area contributed by atoms with Gasteiger partial charge in [-0.15, -0.1) is 0 Å². The molecule has 130 valence electrons. The number of furan rings is 1. The number of nitrogens with zero attached hydrogens (tertiary/aromatic N) is 1. The number of unbranched alkanes of at least 4 members (excludes halogenated alkanes) is 1. The maximum atomic E-state index is 11.1. The van der Waals surface area contributed by atoms with E-state index >= 15 is 0 Å². The maximum Gasteiger partial charge on any atom is 0.270 e. The van der Waals surface area contributed by atoms with Crippen LogP contribution in [0.15, 0.2) is 46.9 Å². The molecule has 0 amide bonds. The summed E-state index contributed by atoms with van der Waals surface area (Å²) in [5.41, 5.74) is 1.61. The molecule has 0 saturated carbocycles. The van der Waals surface area contributed by atoms with E-state index in [9.17, 15) is 20.3 Å². The van der Waals surface area contributed by atoms with Crippen LogP contribution >= 0.6 is 0 Å². The summed E-state index contributed by atoms with van der Waals surface area (Å²) in [6.45, 7) is 2.06. The number of hydrogen-bond acceptors (Lipinski definition) is 5. The van der Waals surface area contributed by atoms with Gasteiger partial charge in [0.05, 0.1) is 4.92 Å². The number of non-ortho nitro benzene ring substituents is 1. The van der Waals surface area contributed by atoms with E-state index in [-0.39, 0.29) is 11.4 Å². The van der Waals surface area contributed by atoms with Gasteiger partial charge < -0.3 is 14.6 Å². The van der Waals surface area contributed by atoms with Gasteiger partial charge in [-0.2, -0.15) is 0 Å². The van der Waals surface area contributed by atoms with Gasteiger partial charge in [-0.3, -0.25) is 10.1 Å². The molecule has 3 rings (SSSR count). The minimum atomic E-state index is -0.990. The Hall–Kier alpha value is -2.86. The molecule has 1 heterocycles. The molecular formula is C19H19NO5. The lowest BCUT2D eigenvalue weighted by atomic mass is 9.96. The second kappa shape index (κ2) is 6.94. The van der Waals surface area contributed by atoms with Gasteiger partial charge in [-0.1, -0.05) is 25.5 Å². The minimum absolute atomic E-state index is 0.0468. The van der Waals surface area contributed by atoms with Crippen LogP contribution in [0.2, 0.25) is 0 Å². The molecule has 1 atom stereocenters. The standard InChI is InChI=1S/C19H19NO5/c1-2-3-4-17-18(19(22)12-5-8-14(21)9-6-12)15-11-13(20(23)24)7-10-16(15)25-17/h5-11,19,21-22H,2-4H2,1H3. The van der Waals surface area contributed by atoms with Crippen molar-refractivity contribution in [2.24, 2.45) is 0 Å². The third-order valence-electron chi connectivity index (χ3n) is 4.24. The topological polar surface area (TPSA) is 96.7 Å². The third kappa shape index (κ3) is 3.34. The van der Waals surface area contributed by atoms with Crippen molar-refractivity contribution in [3.63, 3.8) is 0 Å². The molecule has 25 heavy (non-hydrogen) atoms. The average molecular weight is 341 g/mol. The van der Waals surface area contributed by atoms with E-state index in [0.29, 0.717) is 34.3 Å². The molecule has 3 aromatic rings. The highest BCUT2D eigenvalue weighted by atomic mass is 16.6. The van der Waals surface area contributed by atoms with Gasteiger partial charge in [0.15, 0.2) is 0 Å². The lowest BCUT2D eigenvalue weighted by Crippen LogP contribution is -2.02. The molecule has 6 heteroatoms. The van der Waals surface area contributed by atoms with Crippen LogP contribution in [-0.4, -0.2) is 15.1 Å². The zero-order valence-electron chi connectivity index (χ0n) is 13.8. The van der Waals surface area contributed by atoms with Gasteiger partial charge in [0.25, 0.3) is 5.69 Å². The first kappa shape index (κ1) is 17.0. The Balaban J connectivity index is 2.15. The predicted molar refractivity (Wildman–Crippen MR) is 93.6 cm³/mol. The van der Waals surface area contributed by atoms with Gasteiger partial charge in [0.2, 0.25) is 0 Å². The van der Waals surface area contributed by atoms with Crippen molar-refractivity contribution < 1.29 is 19.6 Å². The van der Waals surface area contributed by atoms with Crippen LogP contribution in [0, 0.1) is 10.1 Å². The van der Waals surface area contributed by atoms with Crippen molar-refractivity contribution in [2.75, 3.05) is 0 Å². The van der Waals surface area contributed by atoms with Crippen LogP contribution in [0.25, 0.3) is 11.0 Å². The van der Waals surface area contributed by atoms with Crippen molar-refractivity contribution in [2.45, 2.75) is 32.3 Å². The highest BCUT2D eigenvalue weighted by Gasteiger charge is 2.24. The van der Waals surface area contributed by atoms with Gasteiger partial charge in [-0.25, -0.2) is 0 Å². The van der Waals surface area contributed by atoms with E-state index < -0.39 is 11.0 Å². The fourth-order valence-electron chi connectivity index (χ4n) is 2.92. The van der Waals surface area contributed by atoms with Crippen molar-refractivity contribution in [1.82, 2.24) is 0 Å². The quantitative estimate of drug-likeness (QED) is 0.509. The monoisotopic (exact) mass is 341 g/mol. The predicted octanol–water partition coefficient (Wildman–Crippen LogP) is 4.47. The summed E-state index contributed by atoms with van der Waals surface area (Å²) in [5.74, 6) is 0.743. The first-order valence-corrected chi connectivity index (χ1v) is 8.18. The summed E-state index contributed by atoms with van der Waals surface area (Å²) in [6, 6.07) is 10.6. The Morgan fingerprint density at radius 3 is 2.56 bits per heavy atom. The smallest absolute Gasteiger partial charge is 0.270 e. The Bertz CT molecular complexity index is 898. The number of phenolic OH excluding ortho intramolecular Hbond substituents is 1. The van der Waals surface area contributed by atoms with Crippen LogP contribution < -0.4 is 0 Å². The molecule has 0 radical (unpaired) electrons. The Labute approximate surface area is 144 Å². The van der Waals surface area contributed by atoms with Crippen molar-refractivity contribution >= 4 is 16.7 Å². The van der Waals surface area contributed by atoms with Crippen LogP contribution in [0.3, 0.4) is 0 Å². The largest absolute Gasteiger partial charge is 0.508 e. The number of aliphatic hydroxyl groups excluding tert-OH is 1. The van der Waals surface area contributed by atoms with E-state index in [1.54, 1.807) is 18.2 Å². The summed E-state index contributed by atoms with van der Waals surface area (Å²) < 4.78 is 5.87. The molecule has 0 saturated heterocycles. The molecule has 2 N–H and O–H groups in total. The van der Waals surface area contributed by atoms with Crippen LogP contribution in [-0.2, 0) is 6.42 Å². The van der Waals surface area contributed by atoms with Crippen LogP contribution in [0.1, 0.15) is 42.8 Å². The number of aryl methyl sites for hydroxylation is 1. The first-order valence-electron chi connectivity index (χ1n) is 8.18. The van der Waals surface area contributed by atoms with E-state index in [2.05, 4.69) is 6.92 Å². The molecule has 0 aliphatic carbocycles. The zero-order chi connectivity index (χ0) is 18.0. The van der Waals surface area contributed by atoms with E-state index in [1.165, 1.54) is 24.3 Å². The van der Waals surface area contributed by atoms with Gasteiger partial charge in [0.1, 0.15) is 23.2 Å². The molecule has 0 aliphatic rings. The number of phenols is 1. The van der Waals surface area contributed by atoms with Gasteiger partial charge >= 0.3 is 0 Å². The number of nitro groups is 1. The lowest BCUT2D eigenvalue weighted by Gasteiger charge is -2.12.